The van der Waals surface area contributed by atoms with Crippen LogP contribution in [0.3, 0.4) is 0 Å². The number of hydrogen-bond acceptors (Lipinski definition) is 3. The lowest BCUT2D eigenvalue weighted by Gasteiger charge is -2.26. The van der Waals surface area contributed by atoms with E-state index in [-0.39, 0.29) is 18.0 Å². The Morgan fingerprint density at radius 2 is 2.06 bits per heavy atom. The molecule has 0 radical (unpaired) electrons. The first-order valence-corrected chi connectivity index (χ1v) is 5.97. The molecule has 0 aliphatic carbocycles. The van der Waals surface area contributed by atoms with Gasteiger partial charge in [-0.3, -0.25) is 14.2 Å². The molecule has 0 bridgehead atoms. The van der Waals surface area contributed by atoms with Crippen molar-refractivity contribution in [3.05, 3.63) is 28.4 Å². The van der Waals surface area contributed by atoms with Crippen molar-refractivity contribution in [3.8, 4) is 0 Å². The number of piperidine rings is 1. The molecule has 92 valence electrons. The van der Waals surface area contributed by atoms with Crippen LogP contribution in [0, 0.1) is 6.92 Å². The van der Waals surface area contributed by atoms with Crippen molar-refractivity contribution in [1.29, 1.82) is 0 Å². The van der Waals surface area contributed by atoms with E-state index in [1.54, 1.807) is 6.92 Å². The molecule has 1 fully saturated rings. The predicted octanol–water partition coefficient (Wildman–Crippen LogP) is 0.564. The largest absolute Gasteiger partial charge is 0.341 e. The third-order valence-electron chi connectivity index (χ3n) is 3.09. The molecule has 17 heavy (non-hydrogen) atoms. The first-order valence-electron chi connectivity index (χ1n) is 5.97. The van der Waals surface area contributed by atoms with E-state index in [1.807, 2.05) is 4.90 Å². The second kappa shape index (κ2) is 5.12. The molecule has 5 heteroatoms. The summed E-state index contributed by atoms with van der Waals surface area (Å²) in [6.07, 6.45) is 6.26. The van der Waals surface area contributed by atoms with Crippen LogP contribution in [0.1, 0.15) is 24.8 Å². The lowest BCUT2D eigenvalue weighted by Crippen LogP contribution is -2.39. The summed E-state index contributed by atoms with van der Waals surface area (Å²) in [7, 11) is 0. The molecule has 2 rings (SSSR count). The molecule has 1 aromatic heterocycles. The Morgan fingerprint density at radius 1 is 1.35 bits per heavy atom. The van der Waals surface area contributed by atoms with Crippen molar-refractivity contribution < 1.29 is 4.79 Å². The fourth-order valence-corrected chi connectivity index (χ4v) is 2.06. The molecular weight excluding hydrogens is 218 g/mol. The first kappa shape index (κ1) is 11.8. The molecule has 0 saturated carbocycles. The summed E-state index contributed by atoms with van der Waals surface area (Å²) in [6.45, 7) is 3.43. The Bertz CT molecular complexity index is 461. The van der Waals surface area contributed by atoms with Gasteiger partial charge in [-0.05, 0) is 26.2 Å². The van der Waals surface area contributed by atoms with Crippen molar-refractivity contribution in [1.82, 2.24) is 14.5 Å². The maximum Gasteiger partial charge on any atom is 0.256 e. The molecule has 0 spiro atoms. The van der Waals surface area contributed by atoms with Gasteiger partial charge in [-0.15, -0.1) is 0 Å². The minimum Gasteiger partial charge on any atom is -0.341 e. The molecular formula is C12H17N3O2. The lowest BCUT2D eigenvalue weighted by molar-refractivity contribution is -0.132. The standard InChI is InChI=1S/C12H17N3O2/c1-10-7-13-9-15(12(10)17)8-11(16)14-5-3-2-4-6-14/h7,9H,2-6,8H2,1H3. The van der Waals surface area contributed by atoms with E-state index < -0.39 is 0 Å². The van der Waals surface area contributed by atoms with Gasteiger partial charge in [0.25, 0.3) is 5.56 Å². The van der Waals surface area contributed by atoms with Crippen LogP contribution in [0.25, 0.3) is 0 Å². The minimum absolute atomic E-state index is 0.0131. The molecule has 5 nitrogen and oxygen atoms in total. The van der Waals surface area contributed by atoms with E-state index in [2.05, 4.69) is 4.98 Å². The van der Waals surface area contributed by atoms with Crippen molar-refractivity contribution in [3.63, 3.8) is 0 Å². The van der Waals surface area contributed by atoms with E-state index in [9.17, 15) is 9.59 Å². The fraction of sp³-hybridized carbons (Fsp3) is 0.583. The number of hydrogen-bond donors (Lipinski definition) is 0. The van der Waals surface area contributed by atoms with Crippen molar-refractivity contribution in [2.75, 3.05) is 13.1 Å². The summed E-state index contributed by atoms with van der Waals surface area (Å²) in [5.41, 5.74) is 0.435. The number of carbonyl (C=O) groups excluding carboxylic acids is 1. The Balaban J connectivity index is 2.07. The van der Waals surface area contributed by atoms with Gasteiger partial charge in [-0.25, -0.2) is 4.98 Å². The highest BCUT2D eigenvalue weighted by Crippen LogP contribution is 2.08. The highest BCUT2D eigenvalue weighted by molar-refractivity contribution is 5.76. The zero-order chi connectivity index (χ0) is 12.3. The third kappa shape index (κ3) is 2.72. The molecule has 0 atom stereocenters. The van der Waals surface area contributed by atoms with Gasteiger partial charge in [-0.1, -0.05) is 0 Å². The molecule has 0 N–H and O–H groups in total. The van der Waals surface area contributed by atoms with Gasteiger partial charge >= 0.3 is 0 Å². The number of nitrogens with zero attached hydrogens (tertiary/aromatic N) is 3. The SMILES string of the molecule is Cc1cncn(CC(=O)N2CCCCC2)c1=O. The van der Waals surface area contributed by atoms with Gasteiger partial charge in [0, 0.05) is 24.8 Å². The van der Waals surface area contributed by atoms with Crippen LogP contribution >= 0.6 is 0 Å². The molecule has 1 aliphatic rings. The van der Waals surface area contributed by atoms with Crippen LogP contribution in [0.4, 0.5) is 0 Å². The van der Waals surface area contributed by atoms with E-state index in [1.165, 1.54) is 23.5 Å². The molecule has 0 aromatic carbocycles. The van der Waals surface area contributed by atoms with Crippen LogP contribution in [0.2, 0.25) is 0 Å². The molecule has 2 heterocycles. The van der Waals surface area contributed by atoms with E-state index >= 15 is 0 Å². The lowest BCUT2D eigenvalue weighted by atomic mass is 10.1. The van der Waals surface area contributed by atoms with Gasteiger partial charge < -0.3 is 4.90 Å². The van der Waals surface area contributed by atoms with Crippen LogP contribution in [-0.2, 0) is 11.3 Å². The summed E-state index contributed by atoms with van der Waals surface area (Å²) >= 11 is 0. The topological polar surface area (TPSA) is 55.2 Å². The average Bonchev–Trinajstić information content (AvgIpc) is 2.36. The van der Waals surface area contributed by atoms with Crippen molar-refractivity contribution >= 4 is 5.91 Å². The minimum atomic E-state index is -0.134. The van der Waals surface area contributed by atoms with Crippen LogP contribution < -0.4 is 5.56 Å². The molecule has 1 aromatic rings. The smallest absolute Gasteiger partial charge is 0.256 e. The van der Waals surface area contributed by atoms with Gasteiger partial charge in [0.15, 0.2) is 0 Å². The number of rotatable bonds is 2. The van der Waals surface area contributed by atoms with E-state index in [0.717, 1.165) is 25.9 Å². The summed E-state index contributed by atoms with van der Waals surface area (Å²) < 4.78 is 1.38. The van der Waals surface area contributed by atoms with Crippen LogP contribution in [-0.4, -0.2) is 33.4 Å². The summed E-state index contributed by atoms with van der Waals surface area (Å²) in [5.74, 6) is 0.0131. The number of aromatic nitrogens is 2. The molecule has 1 aliphatic heterocycles. The number of aryl methyl sites for hydroxylation is 1. The summed E-state index contributed by atoms with van der Waals surface area (Å²) in [6, 6.07) is 0. The zero-order valence-corrected chi connectivity index (χ0v) is 10.1. The highest BCUT2D eigenvalue weighted by atomic mass is 16.2. The van der Waals surface area contributed by atoms with E-state index in [4.69, 9.17) is 0 Å². The van der Waals surface area contributed by atoms with Crippen LogP contribution in [0.5, 0.6) is 0 Å². The predicted molar refractivity (Wildman–Crippen MR) is 63.7 cm³/mol. The van der Waals surface area contributed by atoms with Crippen molar-refractivity contribution in [2.45, 2.75) is 32.7 Å². The fourth-order valence-electron chi connectivity index (χ4n) is 2.06. The molecule has 1 amide bonds. The van der Waals surface area contributed by atoms with Gasteiger partial charge in [0.05, 0.1) is 6.33 Å². The number of carbonyl (C=O) groups is 1. The number of likely N-dealkylation sites (tertiary alicyclic amines) is 1. The van der Waals surface area contributed by atoms with Crippen LogP contribution in [0.15, 0.2) is 17.3 Å². The van der Waals surface area contributed by atoms with Gasteiger partial charge in [0.2, 0.25) is 5.91 Å². The molecule has 0 unspecified atom stereocenters. The Morgan fingerprint density at radius 3 is 2.76 bits per heavy atom. The summed E-state index contributed by atoms with van der Waals surface area (Å²) in [5, 5.41) is 0. The zero-order valence-electron chi connectivity index (χ0n) is 10.1. The Hall–Kier alpha value is -1.65. The quantitative estimate of drug-likeness (QED) is 0.752. The maximum atomic E-state index is 12.0. The third-order valence-corrected chi connectivity index (χ3v) is 3.09. The van der Waals surface area contributed by atoms with Gasteiger partial charge in [0.1, 0.15) is 6.54 Å². The Labute approximate surface area is 100 Å². The highest BCUT2D eigenvalue weighted by Gasteiger charge is 2.17. The van der Waals surface area contributed by atoms with Gasteiger partial charge in [-0.2, -0.15) is 0 Å². The second-order valence-corrected chi connectivity index (χ2v) is 4.45. The average molecular weight is 235 g/mol. The first-order chi connectivity index (χ1) is 8.18. The second-order valence-electron chi connectivity index (χ2n) is 4.45. The summed E-state index contributed by atoms with van der Waals surface area (Å²) in [4.78, 5) is 29.5. The Kier molecular flexibility index (Phi) is 3.56. The van der Waals surface area contributed by atoms with Crippen molar-refractivity contribution in [2.24, 2.45) is 0 Å². The maximum absolute atomic E-state index is 12.0. The molecule has 1 saturated heterocycles. The normalized spacial score (nSPS) is 15.9. The number of amides is 1. The monoisotopic (exact) mass is 235 g/mol. The van der Waals surface area contributed by atoms with E-state index in [0.29, 0.717) is 5.56 Å².